The van der Waals surface area contributed by atoms with Crippen LogP contribution in [0.4, 0.5) is 0 Å². The van der Waals surface area contributed by atoms with Crippen molar-refractivity contribution in [2.45, 2.75) is 38.3 Å². The van der Waals surface area contributed by atoms with Gasteiger partial charge < -0.3 is 15.2 Å². The van der Waals surface area contributed by atoms with Gasteiger partial charge in [0.1, 0.15) is 6.04 Å². The van der Waals surface area contributed by atoms with Crippen LogP contribution in [0.3, 0.4) is 0 Å². The molecule has 2 N–H and O–H groups in total. The summed E-state index contributed by atoms with van der Waals surface area (Å²) in [7, 11) is 0. The van der Waals surface area contributed by atoms with Crippen molar-refractivity contribution in [1.82, 2.24) is 5.32 Å². The minimum Gasteiger partial charge on any atom is -0.480 e. The molecule has 1 fully saturated rings. The third kappa shape index (κ3) is 5.93. The number of carbonyl (C=O) groups excluding carboxylic acids is 1. The van der Waals surface area contributed by atoms with Crippen LogP contribution in [0.5, 0.6) is 0 Å². The van der Waals surface area contributed by atoms with Crippen LogP contribution in [-0.4, -0.2) is 47.2 Å². The molecule has 1 unspecified atom stereocenters. The molecule has 1 aliphatic rings. The van der Waals surface area contributed by atoms with Crippen LogP contribution >= 0.6 is 11.8 Å². The fourth-order valence-electron chi connectivity index (χ4n) is 1.57. The highest BCUT2D eigenvalue weighted by molar-refractivity contribution is 7.99. The minimum absolute atomic E-state index is 0.235. The van der Waals surface area contributed by atoms with Gasteiger partial charge in [-0.3, -0.25) is 9.59 Å². The smallest absolute Gasteiger partial charge is 0.325 e. The lowest BCUT2D eigenvalue weighted by atomic mass is 10.1. The average molecular weight is 261 g/mol. The van der Waals surface area contributed by atoms with E-state index in [0.29, 0.717) is 0 Å². The number of hydrogen-bond donors (Lipinski definition) is 2. The van der Waals surface area contributed by atoms with Gasteiger partial charge in [0.15, 0.2) is 0 Å². The quantitative estimate of drug-likeness (QED) is 0.742. The molecule has 1 heterocycles. The monoisotopic (exact) mass is 261 g/mol. The SMILES string of the molecule is C[C@H](NC(=O)CSCC1CCCCO1)C(=O)O. The molecule has 5 nitrogen and oxygen atoms in total. The Kier molecular flexibility index (Phi) is 6.36. The number of rotatable bonds is 6. The summed E-state index contributed by atoms with van der Waals surface area (Å²) < 4.78 is 5.53. The van der Waals surface area contributed by atoms with Crippen LogP contribution < -0.4 is 5.32 Å². The minimum atomic E-state index is -1.01. The Balaban J connectivity index is 2.09. The summed E-state index contributed by atoms with van der Waals surface area (Å²) in [5.41, 5.74) is 0. The Morgan fingerprint density at radius 1 is 1.53 bits per heavy atom. The molecule has 2 atom stereocenters. The molecular formula is C11H19NO4S. The Morgan fingerprint density at radius 3 is 2.88 bits per heavy atom. The number of carbonyl (C=O) groups is 2. The summed E-state index contributed by atoms with van der Waals surface area (Å²) in [6.45, 7) is 2.27. The van der Waals surface area contributed by atoms with Crippen molar-refractivity contribution < 1.29 is 19.4 Å². The lowest BCUT2D eigenvalue weighted by Crippen LogP contribution is -2.39. The number of aliphatic carboxylic acids is 1. The number of hydrogen-bond acceptors (Lipinski definition) is 4. The van der Waals surface area contributed by atoms with E-state index in [1.165, 1.54) is 25.1 Å². The fraction of sp³-hybridized carbons (Fsp3) is 0.818. The van der Waals surface area contributed by atoms with Gasteiger partial charge in [0.2, 0.25) is 5.91 Å². The largest absolute Gasteiger partial charge is 0.480 e. The first-order chi connectivity index (χ1) is 8.09. The van der Waals surface area contributed by atoms with Gasteiger partial charge in [-0.1, -0.05) is 0 Å². The molecule has 1 amide bonds. The highest BCUT2D eigenvalue weighted by atomic mass is 32.2. The van der Waals surface area contributed by atoms with Crippen molar-refractivity contribution >= 4 is 23.6 Å². The maximum absolute atomic E-state index is 11.4. The zero-order valence-corrected chi connectivity index (χ0v) is 10.8. The zero-order valence-electron chi connectivity index (χ0n) is 9.98. The number of amides is 1. The van der Waals surface area contributed by atoms with Crippen molar-refractivity contribution in [2.75, 3.05) is 18.1 Å². The van der Waals surface area contributed by atoms with Gasteiger partial charge in [-0.25, -0.2) is 0 Å². The van der Waals surface area contributed by atoms with E-state index < -0.39 is 12.0 Å². The highest BCUT2D eigenvalue weighted by Crippen LogP contribution is 2.16. The maximum Gasteiger partial charge on any atom is 0.325 e. The topological polar surface area (TPSA) is 75.6 Å². The first-order valence-electron chi connectivity index (χ1n) is 5.81. The Hall–Kier alpha value is -0.750. The van der Waals surface area contributed by atoms with E-state index in [-0.39, 0.29) is 17.8 Å². The van der Waals surface area contributed by atoms with Crippen molar-refractivity contribution in [2.24, 2.45) is 0 Å². The van der Waals surface area contributed by atoms with E-state index >= 15 is 0 Å². The van der Waals surface area contributed by atoms with Crippen LogP contribution in [0.1, 0.15) is 26.2 Å². The number of ether oxygens (including phenoxy) is 1. The van der Waals surface area contributed by atoms with E-state index in [2.05, 4.69) is 5.32 Å². The van der Waals surface area contributed by atoms with Crippen LogP contribution in [0.15, 0.2) is 0 Å². The van der Waals surface area contributed by atoms with Crippen molar-refractivity contribution in [3.8, 4) is 0 Å². The molecule has 0 radical (unpaired) electrons. The van der Waals surface area contributed by atoms with Gasteiger partial charge in [-0.05, 0) is 26.2 Å². The van der Waals surface area contributed by atoms with Crippen molar-refractivity contribution in [1.29, 1.82) is 0 Å². The van der Waals surface area contributed by atoms with Crippen LogP contribution in [-0.2, 0) is 14.3 Å². The summed E-state index contributed by atoms with van der Waals surface area (Å²) in [5.74, 6) is -0.161. The Bertz CT molecular complexity index is 266. The first-order valence-corrected chi connectivity index (χ1v) is 6.96. The summed E-state index contributed by atoms with van der Waals surface area (Å²) in [5, 5.41) is 11.0. The number of thioether (sulfide) groups is 1. The summed E-state index contributed by atoms with van der Waals surface area (Å²) in [6, 6.07) is -0.825. The molecule has 17 heavy (non-hydrogen) atoms. The molecule has 0 saturated carbocycles. The third-order valence-electron chi connectivity index (χ3n) is 2.56. The second kappa shape index (κ2) is 7.55. The third-order valence-corrected chi connectivity index (χ3v) is 3.63. The summed E-state index contributed by atoms with van der Waals surface area (Å²) in [4.78, 5) is 21.9. The fourth-order valence-corrected chi connectivity index (χ4v) is 2.48. The molecule has 6 heteroatoms. The molecule has 98 valence electrons. The standard InChI is InChI=1S/C11H19NO4S/c1-8(11(14)15)12-10(13)7-17-6-9-4-2-3-5-16-9/h8-9H,2-7H2,1H3,(H,12,13)(H,14,15)/t8-,9?/m0/s1. The Labute approximate surface area is 105 Å². The van der Waals surface area contributed by atoms with E-state index in [0.717, 1.165) is 25.2 Å². The molecule has 0 aromatic heterocycles. The van der Waals surface area contributed by atoms with Gasteiger partial charge in [-0.15, -0.1) is 11.8 Å². The molecule has 0 bridgehead atoms. The molecular weight excluding hydrogens is 242 g/mol. The van der Waals surface area contributed by atoms with Crippen LogP contribution in [0.2, 0.25) is 0 Å². The van der Waals surface area contributed by atoms with Gasteiger partial charge >= 0.3 is 5.97 Å². The molecule has 0 aromatic carbocycles. The van der Waals surface area contributed by atoms with E-state index in [1.54, 1.807) is 0 Å². The molecule has 0 spiro atoms. The van der Waals surface area contributed by atoms with Crippen LogP contribution in [0, 0.1) is 0 Å². The van der Waals surface area contributed by atoms with Crippen molar-refractivity contribution in [3.05, 3.63) is 0 Å². The molecule has 1 rings (SSSR count). The van der Waals surface area contributed by atoms with Crippen LogP contribution in [0.25, 0.3) is 0 Å². The van der Waals surface area contributed by atoms with Crippen molar-refractivity contribution in [3.63, 3.8) is 0 Å². The predicted octanol–water partition coefficient (Wildman–Crippen LogP) is 0.878. The summed E-state index contributed by atoms with van der Waals surface area (Å²) >= 11 is 1.49. The normalized spacial score (nSPS) is 21.8. The second-order valence-corrected chi connectivity index (χ2v) is 5.16. The average Bonchev–Trinajstić information content (AvgIpc) is 2.30. The maximum atomic E-state index is 11.4. The first kappa shape index (κ1) is 14.3. The van der Waals surface area contributed by atoms with E-state index in [9.17, 15) is 9.59 Å². The number of carboxylic acid groups (broad SMARTS) is 1. The molecule has 1 aliphatic heterocycles. The van der Waals surface area contributed by atoms with Gasteiger partial charge in [0.05, 0.1) is 11.9 Å². The van der Waals surface area contributed by atoms with E-state index in [1.807, 2.05) is 0 Å². The predicted molar refractivity (Wildman–Crippen MR) is 66.2 cm³/mol. The summed E-state index contributed by atoms with van der Waals surface area (Å²) in [6.07, 6.45) is 3.62. The molecule has 0 aliphatic carbocycles. The molecule has 0 aromatic rings. The number of nitrogens with one attached hydrogen (secondary N) is 1. The number of carboxylic acids is 1. The lowest BCUT2D eigenvalue weighted by Gasteiger charge is -2.22. The molecule has 1 saturated heterocycles. The van der Waals surface area contributed by atoms with Gasteiger partial charge in [-0.2, -0.15) is 0 Å². The lowest BCUT2D eigenvalue weighted by molar-refractivity contribution is -0.140. The second-order valence-electron chi connectivity index (χ2n) is 4.13. The highest BCUT2D eigenvalue weighted by Gasteiger charge is 2.16. The van der Waals surface area contributed by atoms with E-state index in [4.69, 9.17) is 9.84 Å². The zero-order chi connectivity index (χ0) is 12.7. The van der Waals surface area contributed by atoms with Gasteiger partial charge in [0.25, 0.3) is 0 Å². The van der Waals surface area contributed by atoms with Gasteiger partial charge in [0, 0.05) is 12.4 Å². The Morgan fingerprint density at radius 2 is 2.29 bits per heavy atom.